The third kappa shape index (κ3) is 4.02. The number of hydrogen-bond acceptors (Lipinski definition) is 5. The summed E-state index contributed by atoms with van der Waals surface area (Å²) in [5.74, 6) is 0.0904. The lowest BCUT2D eigenvalue weighted by Gasteiger charge is -2.08. The number of hydrogen-bond donors (Lipinski definition) is 0. The predicted molar refractivity (Wildman–Crippen MR) is 64.8 cm³/mol. The van der Waals surface area contributed by atoms with E-state index in [0.29, 0.717) is 5.75 Å². The van der Waals surface area contributed by atoms with Gasteiger partial charge in [0.1, 0.15) is 5.01 Å². The second-order valence-electron chi connectivity index (χ2n) is 3.50. The summed E-state index contributed by atoms with van der Waals surface area (Å²) >= 11 is 1.50. The number of carbonyl (C=O) groups excluding carboxylic acids is 1. The standard InChI is InChI=1S/C10H15NO3S2/c1-7-5-15-9(11-7)6-16(13)8(2)4-10(12)14-3/h5,8H,4,6H2,1-3H3. The maximum Gasteiger partial charge on any atom is 0.306 e. The average Bonchev–Trinajstić information content (AvgIpc) is 2.63. The van der Waals surface area contributed by atoms with Crippen LogP contribution in [0.3, 0.4) is 0 Å². The van der Waals surface area contributed by atoms with Gasteiger partial charge in [-0.1, -0.05) is 6.92 Å². The molecule has 1 aromatic heterocycles. The zero-order valence-corrected chi connectivity index (χ0v) is 11.2. The number of ether oxygens (including phenoxy) is 1. The smallest absolute Gasteiger partial charge is 0.306 e. The van der Waals surface area contributed by atoms with E-state index >= 15 is 0 Å². The van der Waals surface area contributed by atoms with Crippen molar-refractivity contribution >= 4 is 28.1 Å². The summed E-state index contributed by atoms with van der Waals surface area (Å²) in [6, 6.07) is 0. The summed E-state index contributed by atoms with van der Waals surface area (Å²) < 4.78 is 16.4. The van der Waals surface area contributed by atoms with E-state index in [1.807, 2.05) is 12.3 Å². The van der Waals surface area contributed by atoms with Gasteiger partial charge in [0.15, 0.2) is 0 Å². The molecule has 0 aliphatic heterocycles. The maximum atomic E-state index is 11.8. The molecule has 90 valence electrons. The summed E-state index contributed by atoms with van der Waals surface area (Å²) in [4.78, 5) is 15.3. The molecule has 0 N–H and O–H groups in total. The van der Waals surface area contributed by atoms with E-state index in [0.717, 1.165) is 10.7 Å². The molecule has 4 nitrogen and oxygen atoms in total. The van der Waals surface area contributed by atoms with Crippen LogP contribution in [0.2, 0.25) is 0 Å². The van der Waals surface area contributed by atoms with Crippen molar-refractivity contribution in [1.82, 2.24) is 4.98 Å². The van der Waals surface area contributed by atoms with Crippen LogP contribution in [0.15, 0.2) is 5.38 Å². The molecule has 2 atom stereocenters. The number of esters is 1. The third-order valence-corrected chi connectivity index (χ3v) is 4.83. The van der Waals surface area contributed by atoms with Crippen LogP contribution < -0.4 is 0 Å². The lowest BCUT2D eigenvalue weighted by atomic mass is 10.3. The molecule has 0 radical (unpaired) electrons. The highest BCUT2D eigenvalue weighted by Crippen LogP contribution is 2.14. The molecule has 0 saturated heterocycles. The normalized spacial score (nSPS) is 14.4. The highest BCUT2D eigenvalue weighted by atomic mass is 32.2. The molecule has 0 aliphatic rings. The fourth-order valence-corrected chi connectivity index (χ4v) is 3.23. The highest BCUT2D eigenvalue weighted by Gasteiger charge is 2.17. The summed E-state index contributed by atoms with van der Waals surface area (Å²) in [6.07, 6.45) is 0.188. The minimum atomic E-state index is -1.08. The number of thiazole rings is 1. The van der Waals surface area contributed by atoms with Gasteiger partial charge >= 0.3 is 5.97 Å². The van der Waals surface area contributed by atoms with Gasteiger partial charge in [-0.25, -0.2) is 4.98 Å². The van der Waals surface area contributed by atoms with E-state index in [9.17, 15) is 9.00 Å². The quantitative estimate of drug-likeness (QED) is 0.756. The topological polar surface area (TPSA) is 56.3 Å². The van der Waals surface area contributed by atoms with Crippen molar-refractivity contribution in [3.05, 3.63) is 16.1 Å². The van der Waals surface area contributed by atoms with Crippen molar-refractivity contribution in [3.8, 4) is 0 Å². The Bertz CT molecular complexity index is 389. The Balaban J connectivity index is 2.49. The molecule has 0 saturated carbocycles. The Labute approximate surface area is 101 Å². The predicted octanol–water partition coefficient (Wildman–Crippen LogP) is 1.65. The monoisotopic (exact) mass is 261 g/mol. The first-order chi connectivity index (χ1) is 7.52. The molecule has 0 aromatic carbocycles. The number of nitrogens with zero attached hydrogens (tertiary/aromatic N) is 1. The van der Waals surface area contributed by atoms with Crippen LogP contribution >= 0.6 is 11.3 Å². The highest BCUT2D eigenvalue weighted by molar-refractivity contribution is 7.85. The van der Waals surface area contributed by atoms with Gasteiger partial charge in [-0.3, -0.25) is 9.00 Å². The summed E-state index contributed by atoms with van der Waals surface area (Å²) in [7, 11) is 0.258. The second kappa shape index (κ2) is 6.10. The SMILES string of the molecule is COC(=O)CC(C)S(=O)Cc1nc(C)cs1. The van der Waals surface area contributed by atoms with Gasteiger partial charge in [-0.05, 0) is 6.92 Å². The Morgan fingerprint density at radius 1 is 1.69 bits per heavy atom. The van der Waals surface area contributed by atoms with Crippen molar-refractivity contribution in [2.75, 3.05) is 7.11 Å². The molecule has 6 heteroatoms. The second-order valence-corrected chi connectivity index (χ2v) is 6.30. The Morgan fingerprint density at radius 3 is 2.88 bits per heavy atom. The fraction of sp³-hybridized carbons (Fsp3) is 0.600. The van der Waals surface area contributed by atoms with Crippen LogP contribution in [-0.4, -0.2) is 27.5 Å². The number of aryl methyl sites for hydroxylation is 1. The number of rotatable bonds is 5. The summed E-state index contributed by atoms with van der Waals surface area (Å²) in [6.45, 7) is 3.69. The van der Waals surface area contributed by atoms with E-state index in [4.69, 9.17) is 0 Å². The van der Waals surface area contributed by atoms with Gasteiger partial charge < -0.3 is 4.74 Å². The average molecular weight is 261 g/mol. The van der Waals surface area contributed by atoms with Crippen LogP contribution in [0.5, 0.6) is 0 Å². The zero-order valence-electron chi connectivity index (χ0n) is 9.56. The van der Waals surface area contributed by atoms with Gasteiger partial charge in [0.25, 0.3) is 0 Å². The number of methoxy groups -OCH3 is 1. The van der Waals surface area contributed by atoms with Crippen molar-refractivity contribution in [1.29, 1.82) is 0 Å². The summed E-state index contributed by atoms with van der Waals surface area (Å²) in [5, 5.41) is 2.58. The molecule has 0 amide bonds. The molecule has 1 rings (SSSR count). The Morgan fingerprint density at radius 2 is 2.38 bits per heavy atom. The minimum Gasteiger partial charge on any atom is -0.469 e. The third-order valence-electron chi connectivity index (χ3n) is 2.06. The number of aromatic nitrogens is 1. The van der Waals surface area contributed by atoms with Crippen molar-refractivity contribution in [2.45, 2.75) is 31.3 Å². The van der Waals surface area contributed by atoms with Crippen LogP contribution in [0.1, 0.15) is 24.0 Å². The maximum absolute atomic E-state index is 11.8. The molecule has 16 heavy (non-hydrogen) atoms. The van der Waals surface area contributed by atoms with Crippen molar-refractivity contribution < 1.29 is 13.7 Å². The van der Waals surface area contributed by atoms with E-state index < -0.39 is 10.8 Å². The molecular weight excluding hydrogens is 246 g/mol. The molecule has 0 fully saturated rings. The van der Waals surface area contributed by atoms with Crippen molar-refractivity contribution in [2.24, 2.45) is 0 Å². The summed E-state index contributed by atoms with van der Waals surface area (Å²) in [5.41, 5.74) is 0.942. The van der Waals surface area contributed by atoms with Crippen LogP contribution in [0.4, 0.5) is 0 Å². The van der Waals surface area contributed by atoms with Gasteiger partial charge in [0, 0.05) is 27.1 Å². The first kappa shape index (κ1) is 13.3. The Hall–Kier alpha value is -0.750. The van der Waals surface area contributed by atoms with Gasteiger partial charge in [-0.2, -0.15) is 0 Å². The van der Waals surface area contributed by atoms with Gasteiger partial charge in [-0.15, -0.1) is 11.3 Å². The van der Waals surface area contributed by atoms with Crippen LogP contribution in [0.25, 0.3) is 0 Å². The van der Waals surface area contributed by atoms with Crippen LogP contribution in [-0.2, 0) is 26.1 Å². The minimum absolute atomic E-state index is 0.188. The fourth-order valence-electron chi connectivity index (χ4n) is 1.14. The lowest BCUT2D eigenvalue weighted by Crippen LogP contribution is -2.18. The zero-order chi connectivity index (χ0) is 12.1. The molecule has 1 aromatic rings. The largest absolute Gasteiger partial charge is 0.469 e. The first-order valence-corrected chi connectivity index (χ1v) is 7.14. The van der Waals surface area contributed by atoms with E-state index in [1.54, 1.807) is 6.92 Å². The first-order valence-electron chi connectivity index (χ1n) is 4.88. The molecule has 0 spiro atoms. The molecular formula is C10H15NO3S2. The van der Waals surface area contributed by atoms with Crippen molar-refractivity contribution in [3.63, 3.8) is 0 Å². The molecule has 1 heterocycles. The van der Waals surface area contributed by atoms with E-state index in [2.05, 4.69) is 9.72 Å². The van der Waals surface area contributed by atoms with Crippen LogP contribution in [0, 0.1) is 6.92 Å². The Kier molecular flexibility index (Phi) is 5.08. The lowest BCUT2D eigenvalue weighted by molar-refractivity contribution is -0.140. The molecule has 2 unspecified atom stereocenters. The van der Waals surface area contributed by atoms with Gasteiger partial charge in [0.05, 0.1) is 19.3 Å². The number of carbonyl (C=O) groups is 1. The molecule has 0 bridgehead atoms. The van der Waals surface area contributed by atoms with E-state index in [1.165, 1.54) is 18.4 Å². The van der Waals surface area contributed by atoms with E-state index in [-0.39, 0.29) is 17.6 Å². The molecule has 0 aliphatic carbocycles. The van der Waals surface area contributed by atoms with Gasteiger partial charge in [0.2, 0.25) is 0 Å².